The minimum absolute atomic E-state index is 0. The summed E-state index contributed by atoms with van der Waals surface area (Å²) < 4.78 is 0. The third kappa shape index (κ3) is 3.63. The quantitative estimate of drug-likeness (QED) is 0.624. The van der Waals surface area contributed by atoms with Gasteiger partial charge in [-0.3, -0.25) is 0 Å². The molecule has 0 saturated carbocycles. The average Bonchev–Trinajstić information content (AvgIpc) is 2.17. The van der Waals surface area contributed by atoms with Crippen LogP contribution in [-0.2, 0) is 0 Å². The predicted octanol–water partition coefficient (Wildman–Crippen LogP) is -1.68. The summed E-state index contributed by atoms with van der Waals surface area (Å²) in [5, 5.41) is 3.43. The first-order valence-electron chi connectivity index (χ1n) is 5.28. The lowest BCUT2D eigenvalue weighted by atomic mass is 9.97. The zero-order chi connectivity index (χ0) is 10.7. The summed E-state index contributed by atoms with van der Waals surface area (Å²) in [4.78, 5) is 3.33. The molecule has 0 unspecified atom stereocenters. The van der Waals surface area contributed by atoms with E-state index >= 15 is 0 Å². The largest absolute Gasteiger partial charge is 1.00 e. The Morgan fingerprint density at radius 1 is 1.19 bits per heavy atom. The molecule has 1 aromatic carbocycles. The van der Waals surface area contributed by atoms with Crippen LogP contribution in [0.4, 0.5) is 5.69 Å². The Hall–Kier alpha value is -0.840. The number of benzene rings is 1. The van der Waals surface area contributed by atoms with E-state index in [0.29, 0.717) is 0 Å². The van der Waals surface area contributed by atoms with Crippen molar-refractivity contribution in [1.82, 2.24) is 0 Å². The fourth-order valence-electron chi connectivity index (χ4n) is 1.75. The molecule has 1 aliphatic rings. The number of allylic oxidation sites excluding steroid dienone is 1. The fourth-order valence-corrected chi connectivity index (χ4v) is 1.75. The standard InChI is InChI=1S/C13H16N2.HI/c1-13(2)10-12(8-9-14-13)15-11-6-4-3-5-7-11;/h3-9,15H,10H2,1-2H3;1H. The summed E-state index contributed by atoms with van der Waals surface area (Å²) in [5.74, 6) is 0. The molecule has 1 aliphatic heterocycles. The van der Waals surface area contributed by atoms with Crippen LogP contribution in [0, 0.1) is 0 Å². The lowest BCUT2D eigenvalue weighted by Crippen LogP contribution is -3.00. The molecule has 2 N–H and O–H groups in total. The Morgan fingerprint density at radius 3 is 2.50 bits per heavy atom. The monoisotopic (exact) mass is 328 g/mol. The van der Waals surface area contributed by atoms with Gasteiger partial charge in [-0.1, -0.05) is 18.2 Å². The Morgan fingerprint density at radius 2 is 1.88 bits per heavy atom. The molecule has 0 saturated heterocycles. The van der Waals surface area contributed by atoms with Gasteiger partial charge in [0.15, 0.2) is 11.8 Å². The zero-order valence-electron chi connectivity index (χ0n) is 9.63. The summed E-state index contributed by atoms with van der Waals surface area (Å²) >= 11 is 0. The van der Waals surface area contributed by atoms with Gasteiger partial charge in [0.1, 0.15) is 0 Å². The van der Waals surface area contributed by atoms with Gasteiger partial charge < -0.3 is 29.3 Å². The van der Waals surface area contributed by atoms with Gasteiger partial charge in [-0.25, -0.2) is 4.99 Å². The summed E-state index contributed by atoms with van der Waals surface area (Å²) in [7, 11) is 0. The molecule has 1 aromatic rings. The van der Waals surface area contributed by atoms with Crippen LogP contribution in [-0.4, -0.2) is 11.8 Å². The van der Waals surface area contributed by atoms with E-state index in [1.54, 1.807) is 0 Å². The van der Waals surface area contributed by atoms with Crippen molar-refractivity contribution in [2.45, 2.75) is 25.8 Å². The Kier molecular flexibility index (Phi) is 4.53. The van der Waals surface area contributed by atoms with Gasteiger partial charge in [0.25, 0.3) is 0 Å². The van der Waals surface area contributed by atoms with E-state index in [9.17, 15) is 0 Å². The number of hydrogen-bond donors (Lipinski definition) is 2. The van der Waals surface area contributed by atoms with Crippen molar-refractivity contribution < 1.29 is 29.0 Å². The molecule has 0 spiro atoms. The molecule has 1 heterocycles. The molecule has 3 heteroatoms. The van der Waals surface area contributed by atoms with E-state index in [-0.39, 0.29) is 29.5 Å². The zero-order valence-corrected chi connectivity index (χ0v) is 11.8. The van der Waals surface area contributed by atoms with Crippen LogP contribution in [0.15, 0.2) is 42.1 Å². The van der Waals surface area contributed by atoms with Crippen molar-refractivity contribution in [3.63, 3.8) is 0 Å². The van der Waals surface area contributed by atoms with E-state index < -0.39 is 0 Å². The Bertz CT molecular complexity index is 394. The second-order valence-corrected chi connectivity index (χ2v) is 4.55. The maximum Gasteiger partial charge on any atom is 0.163 e. The minimum atomic E-state index is 0. The Balaban J connectivity index is 0.00000128. The molecule has 0 aliphatic carbocycles. The predicted molar refractivity (Wildman–Crippen MR) is 63.9 cm³/mol. The number of para-hydroxylation sites is 1. The first-order chi connectivity index (χ1) is 7.16. The van der Waals surface area contributed by atoms with Crippen molar-refractivity contribution in [3.8, 4) is 0 Å². The van der Waals surface area contributed by atoms with Gasteiger partial charge in [-0.15, -0.1) is 0 Å². The second-order valence-electron chi connectivity index (χ2n) is 4.55. The molecule has 86 valence electrons. The van der Waals surface area contributed by atoms with Crippen molar-refractivity contribution in [1.29, 1.82) is 0 Å². The molecule has 0 radical (unpaired) electrons. The van der Waals surface area contributed by atoms with Crippen LogP contribution in [0.1, 0.15) is 20.3 Å². The normalized spacial score (nSPS) is 17.2. The molecule has 0 amide bonds. The number of halogens is 1. The van der Waals surface area contributed by atoms with Crippen LogP contribution in [0.2, 0.25) is 0 Å². The van der Waals surface area contributed by atoms with E-state index in [4.69, 9.17) is 0 Å². The van der Waals surface area contributed by atoms with E-state index in [1.807, 2.05) is 24.4 Å². The molecule has 2 rings (SSSR count). The summed E-state index contributed by atoms with van der Waals surface area (Å²) in [6.45, 7) is 4.40. The van der Waals surface area contributed by atoms with Gasteiger partial charge in [-0.05, 0) is 12.1 Å². The summed E-state index contributed by atoms with van der Waals surface area (Å²) in [6, 6.07) is 10.3. The third-order valence-electron chi connectivity index (χ3n) is 2.47. The fraction of sp³-hybridized carbons (Fsp3) is 0.308. The van der Waals surface area contributed by atoms with Crippen LogP contribution in [0.3, 0.4) is 0 Å². The van der Waals surface area contributed by atoms with Crippen LogP contribution >= 0.6 is 0 Å². The minimum Gasteiger partial charge on any atom is -1.00 e. The van der Waals surface area contributed by atoms with Gasteiger partial charge in [-0.2, -0.15) is 0 Å². The molecule has 2 nitrogen and oxygen atoms in total. The average molecular weight is 328 g/mol. The highest BCUT2D eigenvalue weighted by atomic mass is 127. The van der Waals surface area contributed by atoms with Crippen molar-refractivity contribution in [3.05, 3.63) is 42.1 Å². The second kappa shape index (κ2) is 5.48. The highest BCUT2D eigenvalue weighted by Crippen LogP contribution is 2.16. The highest BCUT2D eigenvalue weighted by molar-refractivity contribution is 5.69. The van der Waals surface area contributed by atoms with Gasteiger partial charge in [0.05, 0.1) is 6.42 Å². The van der Waals surface area contributed by atoms with Crippen LogP contribution < -0.4 is 34.3 Å². The first kappa shape index (κ1) is 13.2. The highest BCUT2D eigenvalue weighted by Gasteiger charge is 2.25. The third-order valence-corrected chi connectivity index (χ3v) is 2.47. The molecular formula is C13H17IN2. The topological polar surface area (TPSA) is 26.0 Å². The summed E-state index contributed by atoms with van der Waals surface area (Å²) in [5.41, 5.74) is 2.55. The Labute approximate surface area is 114 Å². The SMILES string of the molecule is CC1(C)CC(Nc2ccccc2)=CC=[NH+]1.[I-]. The molecule has 16 heavy (non-hydrogen) atoms. The molecule has 0 atom stereocenters. The van der Waals surface area contributed by atoms with E-state index in [2.05, 4.69) is 42.4 Å². The van der Waals surface area contributed by atoms with Crippen molar-refractivity contribution in [2.75, 3.05) is 5.32 Å². The van der Waals surface area contributed by atoms with Gasteiger partial charge in [0.2, 0.25) is 0 Å². The molecule has 0 aromatic heterocycles. The maximum atomic E-state index is 3.43. The molecule has 0 bridgehead atoms. The van der Waals surface area contributed by atoms with Crippen LogP contribution in [0.5, 0.6) is 0 Å². The smallest absolute Gasteiger partial charge is 0.163 e. The number of nitrogens with one attached hydrogen (secondary N) is 2. The summed E-state index contributed by atoms with van der Waals surface area (Å²) in [6.07, 6.45) is 5.12. The number of rotatable bonds is 2. The van der Waals surface area contributed by atoms with E-state index in [0.717, 1.165) is 12.1 Å². The molecule has 0 fully saturated rings. The first-order valence-corrected chi connectivity index (χ1v) is 5.28. The van der Waals surface area contributed by atoms with E-state index in [1.165, 1.54) is 5.70 Å². The lowest BCUT2D eigenvalue weighted by molar-refractivity contribution is -0.540. The van der Waals surface area contributed by atoms with Gasteiger partial charge in [0, 0.05) is 31.3 Å². The van der Waals surface area contributed by atoms with Crippen molar-refractivity contribution >= 4 is 11.9 Å². The maximum absolute atomic E-state index is 3.43. The molecular weight excluding hydrogens is 311 g/mol. The van der Waals surface area contributed by atoms with Gasteiger partial charge >= 0.3 is 0 Å². The van der Waals surface area contributed by atoms with Crippen molar-refractivity contribution in [2.24, 2.45) is 0 Å². The lowest BCUT2D eigenvalue weighted by Gasteiger charge is -2.20. The number of hydrogen-bond acceptors (Lipinski definition) is 1. The van der Waals surface area contributed by atoms with Crippen LogP contribution in [0.25, 0.3) is 0 Å². The number of anilines is 1.